The van der Waals surface area contributed by atoms with Gasteiger partial charge in [0, 0.05) is 6.61 Å². The fraction of sp³-hybridized carbons (Fsp3) is 0.500. The second kappa shape index (κ2) is 6.44. The molecule has 1 aromatic rings. The first-order valence-electron chi connectivity index (χ1n) is 5.11. The number of ether oxygens (including phenoxy) is 1. The lowest BCUT2D eigenvalue weighted by Crippen LogP contribution is -1.92. The molecule has 0 aliphatic heterocycles. The fourth-order valence-electron chi connectivity index (χ4n) is 1.51. The summed E-state index contributed by atoms with van der Waals surface area (Å²) in [6, 6.07) is 8.10. The van der Waals surface area contributed by atoms with Crippen LogP contribution in [0.15, 0.2) is 24.3 Å². The first kappa shape index (κ1) is 11.1. The van der Waals surface area contributed by atoms with Crippen molar-refractivity contribution in [3.8, 4) is 5.75 Å². The minimum absolute atomic E-state index is 0.298. The number of hydrogen-bond acceptors (Lipinski definition) is 2. The summed E-state index contributed by atoms with van der Waals surface area (Å²) in [4.78, 5) is 0. The van der Waals surface area contributed by atoms with Crippen molar-refractivity contribution in [3.05, 3.63) is 29.8 Å². The monoisotopic (exact) mass is 194 g/mol. The van der Waals surface area contributed by atoms with E-state index in [1.165, 1.54) is 5.56 Å². The van der Waals surface area contributed by atoms with Crippen molar-refractivity contribution in [2.24, 2.45) is 0 Å². The predicted octanol–water partition coefficient (Wildman–Crippen LogP) is 2.40. The minimum Gasteiger partial charge on any atom is -0.496 e. The zero-order chi connectivity index (χ0) is 10.2. The normalized spacial score (nSPS) is 10.1. The van der Waals surface area contributed by atoms with Gasteiger partial charge in [-0.25, -0.2) is 0 Å². The van der Waals surface area contributed by atoms with Crippen molar-refractivity contribution in [2.75, 3.05) is 13.7 Å². The molecule has 78 valence electrons. The van der Waals surface area contributed by atoms with Crippen LogP contribution in [-0.4, -0.2) is 18.8 Å². The lowest BCUT2D eigenvalue weighted by atomic mass is 10.1. The van der Waals surface area contributed by atoms with Gasteiger partial charge in [-0.1, -0.05) is 24.6 Å². The van der Waals surface area contributed by atoms with Crippen LogP contribution in [0.25, 0.3) is 0 Å². The molecule has 0 heterocycles. The molecule has 0 amide bonds. The summed E-state index contributed by atoms with van der Waals surface area (Å²) in [7, 11) is 1.70. The number of benzene rings is 1. The van der Waals surface area contributed by atoms with Gasteiger partial charge in [0.15, 0.2) is 0 Å². The van der Waals surface area contributed by atoms with Crippen LogP contribution in [0.2, 0.25) is 0 Å². The highest BCUT2D eigenvalue weighted by Crippen LogP contribution is 2.19. The molecule has 0 aliphatic rings. The highest BCUT2D eigenvalue weighted by atomic mass is 16.5. The van der Waals surface area contributed by atoms with Gasteiger partial charge in [-0.05, 0) is 30.9 Å². The van der Waals surface area contributed by atoms with Gasteiger partial charge in [-0.15, -0.1) is 0 Å². The zero-order valence-electron chi connectivity index (χ0n) is 8.70. The summed E-state index contributed by atoms with van der Waals surface area (Å²) in [6.45, 7) is 0.298. The molecule has 0 spiro atoms. The number of aliphatic hydroxyl groups is 1. The molecule has 14 heavy (non-hydrogen) atoms. The van der Waals surface area contributed by atoms with Gasteiger partial charge in [0.2, 0.25) is 0 Å². The van der Waals surface area contributed by atoms with E-state index in [0.29, 0.717) is 6.61 Å². The molecule has 0 aromatic heterocycles. The standard InChI is InChI=1S/C12H18O2/c1-14-12-9-5-4-8-11(12)7-3-2-6-10-13/h4-5,8-9,13H,2-3,6-7,10H2,1H3. The van der Waals surface area contributed by atoms with E-state index < -0.39 is 0 Å². The maximum absolute atomic E-state index is 8.64. The number of unbranched alkanes of at least 4 members (excludes halogenated alkanes) is 2. The molecule has 0 saturated carbocycles. The Morgan fingerprint density at radius 2 is 1.93 bits per heavy atom. The SMILES string of the molecule is COc1ccccc1CCCCCO. The second-order valence-corrected chi connectivity index (χ2v) is 3.35. The third-order valence-electron chi connectivity index (χ3n) is 2.30. The Balaban J connectivity index is 2.41. The van der Waals surface area contributed by atoms with E-state index in [1.54, 1.807) is 7.11 Å². The lowest BCUT2D eigenvalue weighted by Gasteiger charge is -2.07. The average molecular weight is 194 g/mol. The Bertz CT molecular complexity index is 258. The highest BCUT2D eigenvalue weighted by Gasteiger charge is 2.00. The highest BCUT2D eigenvalue weighted by molar-refractivity contribution is 5.33. The topological polar surface area (TPSA) is 29.5 Å². The molecule has 0 fully saturated rings. The third-order valence-corrected chi connectivity index (χ3v) is 2.30. The number of rotatable bonds is 6. The van der Waals surface area contributed by atoms with Crippen molar-refractivity contribution >= 4 is 0 Å². The smallest absolute Gasteiger partial charge is 0.122 e. The Morgan fingerprint density at radius 1 is 1.14 bits per heavy atom. The first-order chi connectivity index (χ1) is 6.88. The number of aliphatic hydroxyl groups excluding tert-OH is 1. The molecule has 0 unspecified atom stereocenters. The molecule has 0 saturated heterocycles. The van der Waals surface area contributed by atoms with E-state index in [9.17, 15) is 0 Å². The first-order valence-corrected chi connectivity index (χ1v) is 5.11. The Hall–Kier alpha value is -1.02. The van der Waals surface area contributed by atoms with Crippen LogP contribution in [0, 0.1) is 0 Å². The summed E-state index contributed by atoms with van der Waals surface area (Å²) in [5.74, 6) is 0.969. The maximum Gasteiger partial charge on any atom is 0.122 e. The minimum atomic E-state index is 0.298. The molecule has 2 heteroatoms. The fourth-order valence-corrected chi connectivity index (χ4v) is 1.51. The zero-order valence-corrected chi connectivity index (χ0v) is 8.70. The van der Waals surface area contributed by atoms with E-state index in [-0.39, 0.29) is 0 Å². The van der Waals surface area contributed by atoms with E-state index in [2.05, 4.69) is 6.07 Å². The number of para-hydroxylation sites is 1. The van der Waals surface area contributed by atoms with Gasteiger partial charge in [-0.2, -0.15) is 0 Å². The quantitative estimate of drug-likeness (QED) is 0.705. The van der Waals surface area contributed by atoms with Crippen molar-refractivity contribution in [1.29, 1.82) is 0 Å². The molecule has 1 rings (SSSR count). The van der Waals surface area contributed by atoms with Gasteiger partial charge in [0.25, 0.3) is 0 Å². The summed E-state index contributed by atoms with van der Waals surface area (Å²) >= 11 is 0. The van der Waals surface area contributed by atoms with Crippen LogP contribution in [-0.2, 0) is 6.42 Å². The molecule has 0 bridgehead atoms. The molecule has 0 atom stereocenters. The van der Waals surface area contributed by atoms with Crippen LogP contribution in [0.4, 0.5) is 0 Å². The van der Waals surface area contributed by atoms with Crippen molar-refractivity contribution in [3.63, 3.8) is 0 Å². The van der Waals surface area contributed by atoms with E-state index in [1.807, 2.05) is 18.2 Å². The summed E-state index contributed by atoms with van der Waals surface area (Å²) in [5, 5.41) is 8.64. The Labute approximate surface area is 85.5 Å². The van der Waals surface area contributed by atoms with E-state index >= 15 is 0 Å². The number of hydrogen-bond donors (Lipinski definition) is 1. The molecule has 1 N–H and O–H groups in total. The third kappa shape index (κ3) is 3.38. The molecule has 0 radical (unpaired) electrons. The van der Waals surface area contributed by atoms with Gasteiger partial charge in [-0.3, -0.25) is 0 Å². The number of aryl methyl sites for hydroxylation is 1. The van der Waals surface area contributed by atoms with Crippen molar-refractivity contribution in [1.82, 2.24) is 0 Å². The van der Waals surface area contributed by atoms with Gasteiger partial charge >= 0.3 is 0 Å². The van der Waals surface area contributed by atoms with Crippen LogP contribution in [0.3, 0.4) is 0 Å². The van der Waals surface area contributed by atoms with Crippen molar-refractivity contribution in [2.45, 2.75) is 25.7 Å². The molecular weight excluding hydrogens is 176 g/mol. The van der Waals surface area contributed by atoms with Crippen LogP contribution >= 0.6 is 0 Å². The molecule has 0 aliphatic carbocycles. The number of methoxy groups -OCH3 is 1. The van der Waals surface area contributed by atoms with Gasteiger partial charge in [0.1, 0.15) is 5.75 Å². The van der Waals surface area contributed by atoms with Gasteiger partial charge < -0.3 is 9.84 Å². The lowest BCUT2D eigenvalue weighted by molar-refractivity contribution is 0.283. The van der Waals surface area contributed by atoms with Gasteiger partial charge in [0.05, 0.1) is 7.11 Å². The van der Waals surface area contributed by atoms with Crippen molar-refractivity contribution < 1.29 is 9.84 Å². The van der Waals surface area contributed by atoms with E-state index in [4.69, 9.17) is 9.84 Å². The Kier molecular flexibility index (Phi) is 5.08. The van der Waals surface area contributed by atoms with E-state index in [0.717, 1.165) is 31.4 Å². The maximum atomic E-state index is 8.64. The molecular formula is C12H18O2. The average Bonchev–Trinajstić information content (AvgIpc) is 2.25. The molecule has 1 aromatic carbocycles. The van der Waals surface area contributed by atoms with Crippen LogP contribution in [0.5, 0.6) is 5.75 Å². The van der Waals surface area contributed by atoms with Crippen LogP contribution in [0.1, 0.15) is 24.8 Å². The predicted molar refractivity (Wildman–Crippen MR) is 57.6 cm³/mol. The summed E-state index contributed by atoms with van der Waals surface area (Å²) in [6.07, 6.45) is 4.12. The molecule has 2 nitrogen and oxygen atoms in total. The van der Waals surface area contributed by atoms with Crippen LogP contribution < -0.4 is 4.74 Å². The summed E-state index contributed by atoms with van der Waals surface area (Å²) in [5.41, 5.74) is 1.26. The largest absolute Gasteiger partial charge is 0.496 e. The summed E-state index contributed by atoms with van der Waals surface area (Å²) < 4.78 is 5.25. The Morgan fingerprint density at radius 3 is 2.64 bits per heavy atom. The second-order valence-electron chi connectivity index (χ2n) is 3.35.